The largest absolute Gasteiger partial charge is 0.327 e. The van der Waals surface area contributed by atoms with Crippen molar-refractivity contribution in [3.05, 3.63) is 23.3 Å². The summed E-state index contributed by atoms with van der Waals surface area (Å²) >= 11 is 0. The second-order valence-corrected chi connectivity index (χ2v) is 3.76. The van der Waals surface area contributed by atoms with Gasteiger partial charge in [-0.2, -0.15) is 0 Å². The minimum atomic E-state index is 0.408. The second kappa shape index (κ2) is 2.49. The van der Waals surface area contributed by atoms with Crippen molar-refractivity contribution in [3.8, 4) is 0 Å². The molecule has 0 heterocycles. The molecule has 0 spiro atoms. The summed E-state index contributed by atoms with van der Waals surface area (Å²) in [6.07, 6.45) is 8.01. The topological polar surface area (TPSA) is 26.0 Å². The zero-order valence-electron chi connectivity index (χ0n) is 7.01. The standard InChI is InChI=1S/C10H15N/c1-7-3-2-4-8-5-9(11)6-10(7)8/h2,4,7,9H,3,5-6,11H2,1H3. The lowest BCUT2D eigenvalue weighted by Crippen LogP contribution is -2.15. The fourth-order valence-electron chi connectivity index (χ4n) is 2.15. The van der Waals surface area contributed by atoms with Gasteiger partial charge in [0.1, 0.15) is 0 Å². The Bertz CT molecular complexity index is 225. The fraction of sp³-hybridized carbons (Fsp3) is 0.600. The minimum absolute atomic E-state index is 0.408. The Morgan fingerprint density at radius 2 is 2.27 bits per heavy atom. The van der Waals surface area contributed by atoms with Crippen molar-refractivity contribution in [1.29, 1.82) is 0 Å². The molecule has 0 amide bonds. The zero-order chi connectivity index (χ0) is 7.84. The molecule has 2 aliphatic carbocycles. The van der Waals surface area contributed by atoms with E-state index in [0.717, 1.165) is 18.8 Å². The van der Waals surface area contributed by atoms with Crippen molar-refractivity contribution in [2.24, 2.45) is 11.7 Å². The van der Waals surface area contributed by atoms with E-state index in [2.05, 4.69) is 19.1 Å². The molecule has 2 atom stereocenters. The normalized spacial score (nSPS) is 36.2. The highest BCUT2D eigenvalue weighted by Crippen LogP contribution is 2.36. The molecule has 2 unspecified atom stereocenters. The summed E-state index contributed by atoms with van der Waals surface area (Å²) in [6.45, 7) is 2.30. The first kappa shape index (κ1) is 7.11. The number of allylic oxidation sites excluding steroid dienone is 2. The van der Waals surface area contributed by atoms with Gasteiger partial charge in [-0.05, 0) is 30.8 Å². The van der Waals surface area contributed by atoms with E-state index < -0.39 is 0 Å². The molecular weight excluding hydrogens is 134 g/mol. The van der Waals surface area contributed by atoms with Crippen LogP contribution in [0.3, 0.4) is 0 Å². The maximum absolute atomic E-state index is 5.88. The van der Waals surface area contributed by atoms with Crippen LogP contribution in [-0.4, -0.2) is 6.04 Å². The van der Waals surface area contributed by atoms with Crippen molar-refractivity contribution in [2.75, 3.05) is 0 Å². The molecule has 0 fully saturated rings. The second-order valence-electron chi connectivity index (χ2n) is 3.76. The number of nitrogens with two attached hydrogens (primary N) is 1. The highest BCUT2D eigenvalue weighted by Gasteiger charge is 2.24. The Hall–Kier alpha value is -0.560. The van der Waals surface area contributed by atoms with Gasteiger partial charge in [0.2, 0.25) is 0 Å². The SMILES string of the molecule is CC1CC=CC2=C1CC(N)C2. The van der Waals surface area contributed by atoms with Gasteiger partial charge in [-0.15, -0.1) is 0 Å². The third-order valence-corrected chi connectivity index (χ3v) is 2.78. The maximum atomic E-state index is 5.88. The Morgan fingerprint density at radius 3 is 3.00 bits per heavy atom. The van der Waals surface area contributed by atoms with Crippen LogP contribution < -0.4 is 5.73 Å². The number of hydrogen-bond donors (Lipinski definition) is 1. The summed E-state index contributed by atoms with van der Waals surface area (Å²) in [5.74, 6) is 0.753. The van der Waals surface area contributed by atoms with Gasteiger partial charge in [0.05, 0.1) is 0 Å². The molecule has 0 aromatic rings. The minimum Gasteiger partial charge on any atom is -0.327 e. The van der Waals surface area contributed by atoms with Gasteiger partial charge in [0, 0.05) is 6.04 Å². The van der Waals surface area contributed by atoms with E-state index in [1.54, 1.807) is 5.57 Å². The van der Waals surface area contributed by atoms with Crippen LogP contribution in [0.4, 0.5) is 0 Å². The average molecular weight is 149 g/mol. The summed E-state index contributed by atoms with van der Waals surface area (Å²) in [6, 6.07) is 0.408. The molecule has 2 rings (SSSR count). The van der Waals surface area contributed by atoms with Crippen molar-refractivity contribution in [1.82, 2.24) is 0 Å². The molecular formula is C10H15N. The Kier molecular flexibility index (Phi) is 1.61. The van der Waals surface area contributed by atoms with E-state index >= 15 is 0 Å². The molecule has 0 aromatic heterocycles. The average Bonchev–Trinajstić information content (AvgIpc) is 2.31. The van der Waals surface area contributed by atoms with Crippen LogP contribution in [0, 0.1) is 5.92 Å². The lowest BCUT2D eigenvalue weighted by molar-refractivity contribution is 0.631. The van der Waals surface area contributed by atoms with Gasteiger partial charge in [-0.25, -0.2) is 0 Å². The first-order valence-corrected chi connectivity index (χ1v) is 4.41. The predicted molar refractivity (Wildman–Crippen MR) is 47.2 cm³/mol. The zero-order valence-corrected chi connectivity index (χ0v) is 7.01. The van der Waals surface area contributed by atoms with E-state index in [1.165, 1.54) is 12.0 Å². The van der Waals surface area contributed by atoms with Gasteiger partial charge >= 0.3 is 0 Å². The molecule has 2 aliphatic rings. The van der Waals surface area contributed by atoms with Crippen LogP contribution in [0.1, 0.15) is 26.2 Å². The molecule has 1 heteroatoms. The number of rotatable bonds is 0. The molecule has 0 aliphatic heterocycles. The van der Waals surface area contributed by atoms with Crippen molar-refractivity contribution in [3.63, 3.8) is 0 Å². The Labute approximate surface area is 68.0 Å². The molecule has 60 valence electrons. The van der Waals surface area contributed by atoms with Gasteiger partial charge in [0.25, 0.3) is 0 Å². The first-order chi connectivity index (χ1) is 5.27. The van der Waals surface area contributed by atoms with Gasteiger partial charge in [-0.3, -0.25) is 0 Å². The lowest BCUT2D eigenvalue weighted by atomic mass is 9.90. The number of hydrogen-bond acceptors (Lipinski definition) is 1. The third-order valence-electron chi connectivity index (χ3n) is 2.78. The van der Waals surface area contributed by atoms with E-state index in [-0.39, 0.29) is 0 Å². The van der Waals surface area contributed by atoms with E-state index in [1.807, 2.05) is 0 Å². The van der Waals surface area contributed by atoms with Crippen LogP contribution in [0.15, 0.2) is 23.3 Å². The highest BCUT2D eigenvalue weighted by molar-refractivity contribution is 5.36. The molecule has 11 heavy (non-hydrogen) atoms. The van der Waals surface area contributed by atoms with E-state index in [9.17, 15) is 0 Å². The quantitative estimate of drug-likeness (QED) is 0.560. The van der Waals surface area contributed by atoms with E-state index in [4.69, 9.17) is 5.73 Å². The first-order valence-electron chi connectivity index (χ1n) is 4.41. The third kappa shape index (κ3) is 1.14. The van der Waals surface area contributed by atoms with Crippen LogP contribution in [0.2, 0.25) is 0 Å². The summed E-state index contributed by atoms with van der Waals surface area (Å²) in [5, 5.41) is 0. The van der Waals surface area contributed by atoms with Crippen LogP contribution >= 0.6 is 0 Å². The molecule has 0 saturated heterocycles. The molecule has 0 radical (unpaired) electrons. The Balaban J connectivity index is 2.25. The summed E-state index contributed by atoms with van der Waals surface area (Å²) in [4.78, 5) is 0. The van der Waals surface area contributed by atoms with Crippen molar-refractivity contribution in [2.45, 2.75) is 32.2 Å². The molecule has 2 N–H and O–H groups in total. The summed E-state index contributed by atoms with van der Waals surface area (Å²) in [7, 11) is 0. The van der Waals surface area contributed by atoms with Gasteiger partial charge < -0.3 is 5.73 Å². The highest BCUT2D eigenvalue weighted by atomic mass is 14.6. The molecule has 0 saturated carbocycles. The molecule has 1 nitrogen and oxygen atoms in total. The summed E-state index contributed by atoms with van der Waals surface area (Å²) < 4.78 is 0. The van der Waals surface area contributed by atoms with Crippen molar-refractivity contribution < 1.29 is 0 Å². The molecule has 0 aromatic carbocycles. The smallest absolute Gasteiger partial charge is 0.0117 e. The fourth-order valence-corrected chi connectivity index (χ4v) is 2.15. The van der Waals surface area contributed by atoms with Crippen LogP contribution in [0.25, 0.3) is 0 Å². The lowest BCUT2D eigenvalue weighted by Gasteiger charge is -2.15. The predicted octanol–water partition coefficient (Wildman–Crippen LogP) is 2.00. The monoisotopic (exact) mass is 149 g/mol. The molecule has 0 bridgehead atoms. The van der Waals surface area contributed by atoms with Gasteiger partial charge in [-0.1, -0.05) is 24.6 Å². The van der Waals surface area contributed by atoms with Crippen LogP contribution in [-0.2, 0) is 0 Å². The maximum Gasteiger partial charge on any atom is 0.0117 e. The van der Waals surface area contributed by atoms with Crippen LogP contribution in [0.5, 0.6) is 0 Å². The van der Waals surface area contributed by atoms with E-state index in [0.29, 0.717) is 6.04 Å². The van der Waals surface area contributed by atoms with Gasteiger partial charge in [0.15, 0.2) is 0 Å². The summed E-state index contributed by atoms with van der Waals surface area (Å²) in [5.41, 5.74) is 9.03. The van der Waals surface area contributed by atoms with Crippen molar-refractivity contribution >= 4 is 0 Å². The Morgan fingerprint density at radius 1 is 1.45 bits per heavy atom.